The topological polar surface area (TPSA) is 57.0 Å². The molecule has 0 atom stereocenters. The minimum Gasteiger partial charge on any atom is -0.468 e. The zero-order valence-corrected chi connectivity index (χ0v) is 9.27. The van der Waals surface area contributed by atoms with Crippen LogP contribution in [0.3, 0.4) is 0 Å². The van der Waals surface area contributed by atoms with E-state index in [2.05, 4.69) is 22.0 Å². The predicted octanol–water partition coefficient (Wildman–Crippen LogP) is 1.18. The van der Waals surface area contributed by atoms with Gasteiger partial charge in [0, 0.05) is 6.20 Å². The molecule has 1 aromatic rings. The molecule has 1 heterocycles. The van der Waals surface area contributed by atoms with Gasteiger partial charge >= 0.3 is 5.97 Å². The van der Waals surface area contributed by atoms with Gasteiger partial charge < -0.3 is 4.74 Å². The summed E-state index contributed by atoms with van der Waals surface area (Å²) in [7, 11) is 1.36. The molecule has 1 rings (SSSR count). The summed E-state index contributed by atoms with van der Waals surface area (Å²) in [4.78, 5) is 10.9. The molecule has 0 saturated heterocycles. The highest BCUT2D eigenvalue weighted by Crippen LogP contribution is 2.02. The predicted molar refractivity (Wildman–Crippen MR) is 55.3 cm³/mol. The van der Waals surface area contributed by atoms with Crippen LogP contribution in [0.1, 0.15) is 31.9 Å². The number of aryl methyl sites for hydroxylation is 1. The number of hydrogen-bond donors (Lipinski definition) is 0. The van der Waals surface area contributed by atoms with E-state index in [-0.39, 0.29) is 12.5 Å². The first-order chi connectivity index (χ1) is 7.26. The first-order valence-corrected chi connectivity index (χ1v) is 5.22. The fourth-order valence-corrected chi connectivity index (χ4v) is 1.28. The van der Waals surface area contributed by atoms with Crippen molar-refractivity contribution in [2.75, 3.05) is 7.11 Å². The van der Waals surface area contributed by atoms with Crippen LogP contribution < -0.4 is 0 Å². The highest BCUT2D eigenvalue weighted by molar-refractivity contribution is 5.68. The molecule has 0 radical (unpaired) electrons. The van der Waals surface area contributed by atoms with Crippen molar-refractivity contribution in [2.45, 2.75) is 39.2 Å². The van der Waals surface area contributed by atoms with E-state index in [9.17, 15) is 4.79 Å². The van der Waals surface area contributed by atoms with E-state index in [1.807, 2.05) is 0 Å². The summed E-state index contributed by atoms with van der Waals surface area (Å²) in [5.74, 6) is -0.306. The monoisotopic (exact) mass is 211 g/mol. The minimum absolute atomic E-state index is 0.136. The second-order valence-electron chi connectivity index (χ2n) is 3.44. The first kappa shape index (κ1) is 11.7. The summed E-state index contributed by atoms with van der Waals surface area (Å²) >= 11 is 0. The van der Waals surface area contributed by atoms with Crippen molar-refractivity contribution in [3.05, 3.63) is 11.9 Å². The number of unbranched alkanes of at least 4 members (excludes halogenated alkanes) is 2. The summed E-state index contributed by atoms with van der Waals surface area (Å²) in [5, 5.41) is 7.83. The number of rotatable bonds is 6. The van der Waals surface area contributed by atoms with Gasteiger partial charge in [-0.05, 0) is 12.8 Å². The van der Waals surface area contributed by atoms with Gasteiger partial charge in [-0.25, -0.2) is 4.68 Å². The van der Waals surface area contributed by atoms with Crippen LogP contribution in [0.15, 0.2) is 6.20 Å². The van der Waals surface area contributed by atoms with E-state index in [0.29, 0.717) is 0 Å². The van der Waals surface area contributed by atoms with Gasteiger partial charge in [-0.3, -0.25) is 4.79 Å². The zero-order valence-electron chi connectivity index (χ0n) is 9.27. The zero-order chi connectivity index (χ0) is 11.1. The second-order valence-corrected chi connectivity index (χ2v) is 3.44. The molecule has 5 nitrogen and oxygen atoms in total. The molecule has 5 heteroatoms. The molecule has 15 heavy (non-hydrogen) atoms. The van der Waals surface area contributed by atoms with E-state index in [4.69, 9.17) is 0 Å². The molecule has 0 spiro atoms. The summed E-state index contributed by atoms with van der Waals surface area (Å²) in [6.45, 7) is 2.30. The molecule has 0 aromatic carbocycles. The molecule has 0 bridgehead atoms. The fraction of sp³-hybridized carbons (Fsp3) is 0.700. The Labute approximate surface area is 89.4 Å². The van der Waals surface area contributed by atoms with Crippen LogP contribution >= 0.6 is 0 Å². The molecular formula is C10H17N3O2. The molecule has 0 amide bonds. The van der Waals surface area contributed by atoms with E-state index in [1.165, 1.54) is 24.6 Å². The van der Waals surface area contributed by atoms with Crippen molar-refractivity contribution in [2.24, 2.45) is 0 Å². The lowest BCUT2D eigenvalue weighted by atomic mass is 10.2. The van der Waals surface area contributed by atoms with Crippen molar-refractivity contribution < 1.29 is 9.53 Å². The minimum atomic E-state index is -0.306. The smallest absolute Gasteiger partial charge is 0.327 e. The fourth-order valence-electron chi connectivity index (χ4n) is 1.28. The van der Waals surface area contributed by atoms with Gasteiger partial charge in [0.15, 0.2) is 0 Å². The number of esters is 1. The largest absolute Gasteiger partial charge is 0.468 e. The highest BCUT2D eigenvalue weighted by Gasteiger charge is 2.05. The van der Waals surface area contributed by atoms with Crippen LogP contribution in [0.5, 0.6) is 0 Å². The van der Waals surface area contributed by atoms with E-state index < -0.39 is 0 Å². The number of methoxy groups -OCH3 is 1. The highest BCUT2D eigenvalue weighted by atomic mass is 16.5. The average molecular weight is 211 g/mol. The number of aromatic nitrogens is 3. The van der Waals surface area contributed by atoms with Gasteiger partial charge in [-0.2, -0.15) is 0 Å². The van der Waals surface area contributed by atoms with Crippen molar-refractivity contribution >= 4 is 5.97 Å². The van der Waals surface area contributed by atoms with Crippen LogP contribution in [-0.4, -0.2) is 28.1 Å². The van der Waals surface area contributed by atoms with Crippen LogP contribution in [0.4, 0.5) is 0 Å². The third kappa shape index (κ3) is 4.10. The summed E-state index contributed by atoms with van der Waals surface area (Å²) in [6.07, 6.45) is 6.23. The standard InChI is InChI=1S/C10H17N3O2/c1-3-4-5-6-9-7-13(12-11-9)8-10(14)15-2/h7H,3-6,8H2,1-2H3. The average Bonchev–Trinajstić information content (AvgIpc) is 2.66. The molecule has 0 saturated carbocycles. The van der Waals surface area contributed by atoms with Gasteiger partial charge in [0.1, 0.15) is 6.54 Å². The maximum Gasteiger partial charge on any atom is 0.327 e. The van der Waals surface area contributed by atoms with Gasteiger partial charge in [0.05, 0.1) is 12.8 Å². The molecule has 0 unspecified atom stereocenters. The third-order valence-corrected chi connectivity index (χ3v) is 2.14. The third-order valence-electron chi connectivity index (χ3n) is 2.14. The Bertz CT molecular complexity index is 309. The first-order valence-electron chi connectivity index (χ1n) is 5.22. The number of hydrogen-bond acceptors (Lipinski definition) is 4. The normalized spacial score (nSPS) is 10.3. The van der Waals surface area contributed by atoms with Crippen LogP contribution in [0, 0.1) is 0 Å². The van der Waals surface area contributed by atoms with Crippen molar-refractivity contribution in [3.63, 3.8) is 0 Å². The Balaban J connectivity index is 2.38. The Kier molecular flexibility index (Phi) is 4.80. The number of ether oxygens (including phenoxy) is 1. The van der Waals surface area contributed by atoms with E-state index >= 15 is 0 Å². The molecule has 0 fully saturated rings. The lowest BCUT2D eigenvalue weighted by molar-refractivity contribution is -0.141. The van der Waals surface area contributed by atoms with E-state index in [0.717, 1.165) is 18.5 Å². The maximum atomic E-state index is 10.9. The summed E-state index contributed by atoms with van der Waals surface area (Å²) in [6, 6.07) is 0. The van der Waals surface area contributed by atoms with E-state index in [1.54, 1.807) is 6.20 Å². The Morgan fingerprint density at radius 1 is 1.53 bits per heavy atom. The molecular weight excluding hydrogens is 194 g/mol. The SMILES string of the molecule is CCCCCc1cn(CC(=O)OC)nn1. The van der Waals surface area contributed by atoms with Crippen LogP contribution in [0.2, 0.25) is 0 Å². The van der Waals surface area contributed by atoms with Crippen molar-refractivity contribution in [1.29, 1.82) is 0 Å². The molecule has 84 valence electrons. The second kappa shape index (κ2) is 6.16. The van der Waals surface area contributed by atoms with Gasteiger partial charge in [-0.1, -0.05) is 25.0 Å². The van der Waals surface area contributed by atoms with Gasteiger partial charge in [0.25, 0.3) is 0 Å². The number of carbonyl (C=O) groups is 1. The lowest BCUT2D eigenvalue weighted by Gasteiger charge is -1.96. The van der Waals surface area contributed by atoms with Crippen LogP contribution in [-0.2, 0) is 22.5 Å². The maximum absolute atomic E-state index is 10.9. The summed E-state index contributed by atoms with van der Waals surface area (Å²) in [5.41, 5.74) is 0.937. The van der Waals surface area contributed by atoms with Gasteiger partial charge in [-0.15, -0.1) is 5.10 Å². The molecule has 0 aliphatic carbocycles. The number of nitrogens with zero attached hydrogens (tertiary/aromatic N) is 3. The quantitative estimate of drug-likeness (QED) is 0.523. The molecule has 0 aliphatic rings. The lowest BCUT2D eigenvalue weighted by Crippen LogP contribution is -2.11. The molecule has 0 N–H and O–H groups in total. The van der Waals surface area contributed by atoms with Crippen LogP contribution in [0.25, 0.3) is 0 Å². The van der Waals surface area contributed by atoms with Crippen molar-refractivity contribution in [1.82, 2.24) is 15.0 Å². The Morgan fingerprint density at radius 2 is 2.33 bits per heavy atom. The number of carbonyl (C=O) groups excluding carboxylic acids is 1. The Hall–Kier alpha value is -1.39. The molecule has 0 aliphatic heterocycles. The molecule has 1 aromatic heterocycles. The van der Waals surface area contributed by atoms with Gasteiger partial charge in [0.2, 0.25) is 0 Å². The summed E-state index contributed by atoms with van der Waals surface area (Å²) < 4.78 is 6.04. The van der Waals surface area contributed by atoms with Crippen molar-refractivity contribution in [3.8, 4) is 0 Å². The Morgan fingerprint density at radius 3 is 3.00 bits per heavy atom.